The van der Waals surface area contributed by atoms with Gasteiger partial charge < -0.3 is 4.90 Å². The first-order valence-corrected chi connectivity index (χ1v) is 7.84. The van der Waals surface area contributed by atoms with E-state index in [0.29, 0.717) is 13.1 Å². The largest absolute Gasteiger partial charge is 0.311 e. The highest BCUT2D eigenvalue weighted by molar-refractivity contribution is 5.96. The molecule has 0 aromatic heterocycles. The second-order valence-corrected chi connectivity index (χ2v) is 5.64. The van der Waals surface area contributed by atoms with Crippen molar-refractivity contribution in [3.8, 4) is 0 Å². The number of halogens is 1. The Morgan fingerprint density at radius 1 is 1.13 bits per heavy atom. The smallest absolute Gasteiger partial charge is 0.244 e. The van der Waals surface area contributed by atoms with Crippen LogP contribution in [0.3, 0.4) is 0 Å². The molecule has 122 valence electrons. The van der Waals surface area contributed by atoms with Crippen molar-refractivity contribution in [3.05, 3.63) is 66.0 Å². The topological polar surface area (TPSA) is 23.6 Å². The zero-order valence-corrected chi connectivity index (χ0v) is 13.9. The minimum atomic E-state index is -0.293. The van der Waals surface area contributed by atoms with Gasteiger partial charge in [-0.1, -0.05) is 30.3 Å². The van der Waals surface area contributed by atoms with E-state index in [1.54, 1.807) is 11.0 Å². The van der Waals surface area contributed by atoms with Crippen molar-refractivity contribution in [2.24, 2.45) is 0 Å². The number of likely N-dealkylation sites (N-methyl/N-ethyl adjacent to an activating group) is 2. The van der Waals surface area contributed by atoms with Crippen LogP contribution in [0.5, 0.6) is 0 Å². The van der Waals surface area contributed by atoms with Gasteiger partial charge in [-0.2, -0.15) is 0 Å². The molecule has 2 aromatic carbocycles. The van der Waals surface area contributed by atoms with Crippen molar-refractivity contribution in [3.63, 3.8) is 0 Å². The Bertz CT molecular complexity index is 645. The fourth-order valence-electron chi connectivity index (χ4n) is 2.55. The first-order valence-electron chi connectivity index (χ1n) is 7.84. The number of benzene rings is 2. The second-order valence-electron chi connectivity index (χ2n) is 5.64. The van der Waals surface area contributed by atoms with Gasteiger partial charge in [0, 0.05) is 18.8 Å². The van der Waals surface area contributed by atoms with Gasteiger partial charge in [0.15, 0.2) is 0 Å². The third-order valence-corrected chi connectivity index (χ3v) is 3.99. The summed E-state index contributed by atoms with van der Waals surface area (Å²) in [7, 11) is 1.88. The summed E-state index contributed by atoms with van der Waals surface area (Å²) < 4.78 is 13.3. The number of carbonyl (C=O) groups is 1. The van der Waals surface area contributed by atoms with E-state index in [4.69, 9.17) is 0 Å². The quantitative estimate of drug-likeness (QED) is 0.812. The average Bonchev–Trinajstić information content (AvgIpc) is 2.55. The van der Waals surface area contributed by atoms with Crippen LogP contribution in [0, 0.1) is 5.82 Å². The molecule has 3 nitrogen and oxygen atoms in total. The normalized spacial score (nSPS) is 12.2. The summed E-state index contributed by atoms with van der Waals surface area (Å²) in [6.07, 6.45) is 0. The number of amides is 1. The number of carbonyl (C=O) groups excluding carboxylic acids is 1. The van der Waals surface area contributed by atoms with Gasteiger partial charge in [-0.3, -0.25) is 9.69 Å². The molecule has 0 aliphatic heterocycles. The number of nitrogens with zero attached hydrogens (tertiary/aromatic N) is 2. The van der Waals surface area contributed by atoms with Crippen LogP contribution >= 0.6 is 0 Å². The monoisotopic (exact) mass is 314 g/mol. The van der Waals surface area contributed by atoms with Gasteiger partial charge in [0.2, 0.25) is 5.91 Å². The fourth-order valence-corrected chi connectivity index (χ4v) is 2.55. The Balaban J connectivity index is 2.08. The molecule has 2 aromatic rings. The molecule has 0 saturated heterocycles. The predicted octanol–water partition coefficient (Wildman–Crippen LogP) is 3.70. The number of para-hydroxylation sites is 1. The van der Waals surface area contributed by atoms with Crippen LogP contribution in [-0.4, -0.2) is 30.4 Å². The van der Waals surface area contributed by atoms with Crippen LogP contribution in [0.15, 0.2) is 54.6 Å². The van der Waals surface area contributed by atoms with Gasteiger partial charge >= 0.3 is 0 Å². The van der Waals surface area contributed by atoms with Gasteiger partial charge in [-0.05, 0) is 50.7 Å². The van der Waals surface area contributed by atoms with Crippen molar-refractivity contribution in [2.45, 2.75) is 26.4 Å². The minimum Gasteiger partial charge on any atom is -0.311 e. The first kappa shape index (κ1) is 17.2. The Labute approximate surface area is 137 Å². The van der Waals surface area contributed by atoms with Gasteiger partial charge in [0.1, 0.15) is 5.82 Å². The van der Waals surface area contributed by atoms with E-state index in [9.17, 15) is 9.18 Å². The Kier molecular flexibility index (Phi) is 5.88. The van der Waals surface area contributed by atoms with Crippen molar-refractivity contribution >= 4 is 11.6 Å². The van der Waals surface area contributed by atoms with Crippen LogP contribution in [0.25, 0.3) is 0 Å². The molecular weight excluding hydrogens is 291 g/mol. The molecule has 1 unspecified atom stereocenters. The van der Waals surface area contributed by atoms with Crippen molar-refractivity contribution < 1.29 is 9.18 Å². The lowest BCUT2D eigenvalue weighted by molar-refractivity contribution is -0.122. The zero-order chi connectivity index (χ0) is 16.8. The minimum absolute atomic E-state index is 0.0394. The molecule has 0 spiro atoms. The van der Waals surface area contributed by atoms with E-state index in [1.165, 1.54) is 12.1 Å². The molecule has 0 radical (unpaired) electrons. The van der Waals surface area contributed by atoms with E-state index in [0.717, 1.165) is 11.3 Å². The van der Waals surface area contributed by atoms with E-state index in [1.807, 2.05) is 62.2 Å². The number of anilines is 1. The summed E-state index contributed by atoms with van der Waals surface area (Å²) in [6.45, 7) is 4.98. The van der Waals surface area contributed by atoms with Gasteiger partial charge in [-0.15, -0.1) is 0 Å². The Morgan fingerprint density at radius 3 is 2.43 bits per heavy atom. The molecule has 0 bridgehead atoms. The lowest BCUT2D eigenvalue weighted by Crippen LogP contribution is -2.45. The van der Waals surface area contributed by atoms with Gasteiger partial charge in [0.05, 0.1) is 6.04 Å². The maximum absolute atomic E-state index is 13.3. The molecule has 0 heterocycles. The van der Waals surface area contributed by atoms with E-state index in [-0.39, 0.29) is 17.8 Å². The summed E-state index contributed by atoms with van der Waals surface area (Å²) >= 11 is 0. The third kappa shape index (κ3) is 4.39. The SMILES string of the molecule is CCN(C(=O)C(C)N(C)Cc1cccc(F)c1)c1ccccc1. The lowest BCUT2D eigenvalue weighted by atomic mass is 10.1. The van der Waals surface area contributed by atoms with Crippen LogP contribution < -0.4 is 4.90 Å². The van der Waals surface area contributed by atoms with Gasteiger partial charge in [-0.25, -0.2) is 4.39 Å². The van der Waals surface area contributed by atoms with Gasteiger partial charge in [0.25, 0.3) is 0 Å². The maximum Gasteiger partial charge on any atom is 0.244 e. The molecule has 0 fully saturated rings. The lowest BCUT2D eigenvalue weighted by Gasteiger charge is -2.30. The maximum atomic E-state index is 13.3. The number of hydrogen-bond acceptors (Lipinski definition) is 2. The zero-order valence-electron chi connectivity index (χ0n) is 13.9. The average molecular weight is 314 g/mol. The van der Waals surface area contributed by atoms with E-state index < -0.39 is 0 Å². The van der Waals surface area contributed by atoms with Crippen molar-refractivity contribution in [1.82, 2.24) is 4.90 Å². The van der Waals surface area contributed by atoms with Crippen molar-refractivity contribution in [2.75, 3.05) is 18.5 Å². The van der Waals surface area contributed by atoms with Crippen LogP contribution in [0.1, 0.15) is 19.4 Å². The Morgan fingerprint density at radius 2 is 1.83 bits per heavy atom. The second kappa shape index (κ2) is 7.88. The molecule has 0 aliphatic rings. The predicted molar refractivity (Wildman–Crippen MR) is 91.8 cm³/mol. The molecule has 0 N–H and O–H groups in total. The van der Waals surface area contributed by atoms with E-state index in [2.05, 4.69) is 0 Å². The number of rotatable bonds is 6. The summed E-state index contributed by atoms with van der Waals surface area (Å²) in [5.74, 6) is -0.216. The van der Waals surface area contributed by atoms with Crippen molar-refractivity contribution in [1.29, 1.82) is 0 Å². The van der Waals surface area contributed by atoms with Crippen LogP contribution in [-0.2, 0) is 11.3 Å². The molecular formula is C19H23FN2O. The van der Waals surface area contributed by atoms with Crippen LogP contribution in [0.2, 0.25) is 0 Å². The standard InChI is InChI=1S/C19H23FN2O/c1-4-22(18-11-6-5-7-12-18)19(23)15(2)21(3)14-16-9-8-10-17(20)13-16/h5-13,15H,4,14H2,1-3H3. The highest BCUT2D eigenvalue weighted by Crippen LogP contribution is 2.16. The molecule has 4 heteroatoms. The van der Waals surface area contributed by atoms with E-state index >= 15 is 0 Å². The summed E-state index contributed by atoms with van der Waals surface area (Å²) in [5, 5.41) is 0. The summed E-state index contributed by atoms with van der Waals surface area (Å²) in [6, 6.07) is 15.8. The Hall–Kier alpha value is -2.20. The molecule has 23 heavy (non-hydrogen) atoms. The third-order valence-electron chi connectivity index (χ3n) is 3.99. The number of hydrogen-bond donors (Lipinski definition) is 0. The highest BCUT2D eigenvalue weighted by atomic mass is 19.1. The first-order chi connectivity index (χ1) is 11.0. The molecule has 0 aliphatic carbocycles. The molecule has 1 atom stereocenters. The fraction of sp³-hybridized carbons (Fsp3) is 0.316. The van der Waals surface area contributed by atoms with Crippen LogP contribution in [0.4, 0.5) is 10.1 Å². The molecule has 0 saturated carbocycles. The summed E-state index contributed by atoms with van der Waals surface area (Å²) in [4.78, 5) is 16.5. The molecule has 1 amide bonds. The molecule has 2 rings (SSSR count). The summed E-state index contributed by atoms with van der Waals surface area (Å²) in [5.41, 5.74) is 1.75. The highest BCUT2D eigenvalue weighted by Gasteiger charge is 2.24.